The lowest BCUT2D eigenvalue weighted by Crippen LogP contribution is -2.40. The largest absolute Gasteiger partial charge is 0.396 e. The minimum atomic E-state index is -3.17. The normalized spacial score (nSPS) is 27.2. The summed E-state index contributed by atoms with van der Waals surface area (Å²) in [5.74, 6) is 0.788. The third-order valence-electron chi connectivity index (χ3n) is 3.50. The van der Waals surface area contributed by atoms with E-state index >= 15 is 0 Å². The van der Waals surface area contributed by atoms with Gasteiger partial charge in [-0.05, 0) is 38.0 Å². The van der Waals surface area contributed by atoms with Crippen molar-refractivity contribution in [2.24, 2.45) is 5.92 Å². The van der Waals surface area contributed by atoms with Gasteiger partial charge in [0.15, 0.2) is 0 Å². The van der Waals surface area contributed by atoms with E-state index in [1.165, 1.54) is 4.31 Å². The van der Waals surface area contributed by atoms with Crippen LogP contribution in [0.5, 0.6) is 0 Å². The van der Waals surface area contributed by atoms with Crippen LogP contribution in [-0.2, 0) is 10.0 Å². The summed E-state index contributed by atoms with van der Waals surface area (Å²) in [6.07, 6.45) is 4.50. The minimum absolute atomic E-state index is 0.0607. The zero-order valence-electron chi connectivity index (χ0n) is 10.2. The number of hydrogen-bond donors (Lipinski definition) is 1. The van der Waals surface area contributed by atoms with Crippen LogP contribution in [0.25, 0.3) is 0 Å². The summed E-state index contributed by atoms with van der Waals surface area (Å²) in [4.78, 5) is 0. The van der Waals surface area contributed by atoms with Crippen molar-refractivity contribution in [1.82, 2.24) is 4.31 Å². The van der Waals surface area contributed by atoms with Crippen LogP contribution >= 0.6 is 0 Å². The van der Waals surface area contributed by atoms with Crippen LogP contribution in [0.3, 0.4) is 0 Å². The molecule has 0 heterocycles. The Balaban J connectivity index is 2.52. The monoisotopic (exact) mass is 249 g/mol. The quantitative estimate of drug-likeness (QED) is 0.796. The van der Waals surface area contributed by atoms with Crippen LogP contribution in [0.15, 0.2) is 0 Å². The van der Waals surface area contributed by atoms with Gasteiger partial charge in [-0.3, -0.25) is 0 Å². The maximum atomic E-state index is 11.9. The summed E-state index contributed by atoms with van der Waals surface area (Å²) in [6.45, 7) is 2.16. The summed E-state index contributed by atoms with van der Waals surface area (Å²) >= 11 is 0. The highest BCUT2D eigenvalue weighted by Gasteiger charge is 2.28. The Labute approximate surface area is 98.7 Å². The number of nitrogens with zero attached hydrogens (tertiary/aromatic N) is 1. The third kappa shape index (κ3) is 3.71. The molecule has 0 atom stereocenters. The van der Waals surface area contributed by atoms with E-state index in [9.17, 15) is 8.42 Å². The fourth-order valence-corrected chi connectivity index (χ4v) is 3.67. The molecule has 0 aliphatic heterocycles. The van der Waals surface area contributed by atoms with Crippen LogP contribution in [0, 0.1) is 5.92 Å². The van der Waals surface area contributed by atoms with Gasteiger partial charge in [0.1, 0.15) is 0 Å². The molecule has 1 saturated carbocycles. The van der Waals surface area contributed by atoms with Crippen molar-refractivity contribution in [2.75, 3.05) is 19.4 Å². The van der Waals surface area contributed by atoms with E-state index < -0.39 is 10.0 Å². The van der Waals surface area contributed by atoms with Gasteiger partial charge in [-0.15, -0.1) is 0 Å². The van der Waals surface area contributed by atoms with Gasteiger partial charge in [0.05, 0.1) is 5.75 Å². The number of aliphatic hydroxyl groups excluding tert-OH is 1. The molecule has 0 unspecified atom stereocenters. The molecule has 1 aliphatic carbocycles. The highest BCUT2D eigenvalue weighted by molar-refractivity contribution is 7.89. The molecule has 0 spiro atoms. The molecule has 0 bridgehead atoms. The lowest BCUT2D eigenvalue weighted by molar-refractivity contribution is 0.244. The van der Waals surface area contributed by atoms with Crippen LogP contribution in [0.4, 0.5) is 0 Å². The summed E-state index contributed by atoms with van der Waals surface area (Å²) in [5.41, 5.74) is 0. The predicted molar refractivity (Wildman–Crippen MR) is 64.7 cm³/mol. The van der Waals surface area contributed by atoms with Crippen molar-refractivity contribution in [1.29, 1.82) is 0 Å². The number of hydrogen-bond acceptors (Lipinski definition) is 3. The third-order valence-corrected chi connectivity index (χ3v) is 5.48. The van der Waals surface area contributed by atoms with Crippen molar-refractivity contribution in [3.8, 4) is 0 Å². The van der Waals surface area contributed by atoms with Crippen LogP contribution in [0.2, 0.25) is 0 Å². The van der Waals surface area contributed by atoms with Gasteiger partial charge in [0.25, 0.3) is 0 Å². The second-order valence-corrected chi connectivity index (χ2v) is 6.97. The molecule has 16 heavy (non-hydrogen) atoms. The SMILES string of the molecule is CC1CCC(N(C)S(=O)(=O)CCCO)CC1. The van der Waals surface area contributed by atoms with Gasteiger partial charge < -0.3 is 5.11 Å². The first kappa shape index (κ1) is 13.9. The van der Waals surface area contributed by atoms with Crippen LogP contribution in [0.1, 0.15) is 39.0 Å². The van der Waals surface area contributed by atoms with E-state index in [4.69, 9.17) is 5.11 Å². The molecule has 0 aromatic rings. The average Bonchev–Trinajstić information content (AvgIpc) is 2.26. The lowest BCUT2D eigenvalue weighted by atomic mass is 9.87. The predicted octanol–water partition coefficient (Wildman–Crippen LogP) is 1.21. The number of rotatable bonds is 5. The van der Waals surface area contributed by atoms with Crippen molar-refractivity contribution in [2.45, 2.75) is 45.1 Å². The fourth-order valence-electron chi connectivity index (χ4n) is 2.22. The molecule has 1 rings (SSSR count). The van der Waals surface area contributed by atoms with Gasteiger partial charge in [-0.1, -0.05) is 6.92 Å². The molecule has 0 radical (unpaired) electrons. The van der Waals surface area contributed by atoms with Gasteiger partial charge in [-0.25, -0.2) is 12.7 Å². The second-order valence-electron chi connectivity index (χ2n) is 4.82. The number of sulfonamides is 1. The highest BCUT2D eigenvalue weighted by atomic mass is 32.2. The Bertz CT molecular complexity index is 294. The number of aliphatic hydroxyl groups is 1. The molecule has 0 aromatic carbocycles. The first-order valence-corrected chi connectivity index (χ1v) is 7.65. The first-order valence-electron chi connectivity index (χ1n) is 6.04. The van der Waals surface area contributed by atoms with E-state index in [0.717, 1.165) is 31.6 Å². The zero-order chi connectivity index (χ0) is 12.2. The molecule has 4 nitrogen and oxygen atoms in total. The molecule has 5 heteroatoms. The Hall–Kier alpha value is -0.130. The first-order chi connectivity index (χ1) is 7.47. The lowest BCUT2D eigenvalue weighted by Gasteiger charge is -2.32. The Morgan fingerprint density at radius 1 is 1.25 bits per heavy atom. The van der Waals surface area contributed by atoms with Crippen molar-refractivity contribution in [3.05, 3.63) is 0 Å². The Morgan fingerprint density at radius 3 is 2.31 bits per heavy atom. The molecular formula is C11H23NO3S. The van der Waals surface area contributed by atoms with E-state index in [2.05, 4.69) is 6.92 Å². The molecule has 0 aromatic heterocycles. The second kappa shape index (κ2) is 5.98. The highest BCUT2D eigenvalue weighted by Crippen LogP contribution is 2.27. The molecule has 96 valence electrons. The maximum Gasteiger partial charge on any atom is 0.214 e. The molecular weight excluding hydrogens is 226 g/mol. The van der Waals surface area contributed by atoms with Gasteiger partial charge in [-0.2, -0.15) is 0 Å². The molecule has 0 amide bonds. The molecule has 1 N–H and O–H groups in total. The van der Waals surface area contributed by atoms with E-state index in [0.29, 0.717) is 6.42 Å². The van der Waals surface area contributed by atoms with E-state index in [-0.39, 0.29) is 18.4 Å². The summed E-state index contributed by atoms with van der Waals surface area (Å²) < 4.78 is 25.3. The average molecular weight is 249 g/mol. The van der Waals surface area contributed by atoms with Gasteiger partial charge >= 0.3 is 0 Å². The standard InChI is InChI=1S/C11H23NO3S/c1-10-4-6-11(7-5-10)12(2)16(14,15)9-3-8-13/h10-11,13H,3-9H2,1-2H3. The van der Waals surface area contributed by atoms with Crippen molar-refractivity contribution < 1.29 is 13.5 Å². The summed E-state index contributed by atoms with van der Waals surface area (Å²) in [5, 5.41) is 8.67. The zero-order valence-corrected chi connectivity index (χ0v) is 11.0. The van der Waals surface area contributed by atoms with E-state index in [1.807, 2.05) is 0 Å². The van der Waals surface area contributed by atoms with Crippen LogP contribution < -0.4 is 0 Å². The van der Waals surface area contributed by atoms with Crippen molar-refractivity contribution in [3.63, 3.8) is 0 Å². The fraction of sp³-hybridized carbons (Fsp3) is 1.00. The Morgan fingerprint density at radius 2 is 1.81 bits per heavy atom. The molecule has 1 aliphatic rings. The topological polar surface area (TPSA) is 57.6 Å². The van der Waals surface area contributed by atoms with Gasteiger partial charge in [0, 0.05) is 19.7 Å². The van der Waals surface area contributed by atoms with Gasteiger partial charge in [0.2, 0.25) is 10.0 Å². The molecule has 1 fully saturated rings. The smallest absolute Gasteiger partial charge is 0.214 e. The Kier molecular flexibility index (Phi) is 5.21. The van der Waals surface area contributed by atoms with Crippen molar-refractivity contribution >= 4 is 10.0 Å². The maximum absolute atomic E-state index is 11.9. The summed E-state index contributed by atoms with van der Waals surface area (Å²) in [6, 6.07) is 0.167. The minimum Gasteiger partial charge on any atom is -0.396 e. The summed E-state index contributed by atoms with van der Waals surface area (Å²) in [7, 11) is -1.49. The van der Waals surface area contributed by atoms with Crippen LogP contribution in [-0.4, -0.2) is 43.3 Å². The van der Waals surface area contributed by atoms with E-state index in [1.54, 1.807) is 7.05 Å². The molecule has 0 saturated heterocycles.